The molecule has 0 N–H and O–H groups in total. The molecule has 0 unspecified atom stereocenters. The van der Waals surface area contributed by atoms with Crippen LogP contribution in [0, 0.1) is 5.92 Å². The van der Waals surface area contributed by atoms with Crippen molar-refractivity contribution >= 4 is 0 Å². The van der Waals surface area contributed by atoms with Gasteiger partial charge in [-0.25, -0.2) is 0 Å². The van der Waals surface area contributed by atoms with E-state index in [4.69, 9.17) is 4.74 Å². The molecule has 0 aliphatic carbocycles. The highest BCUT2D eigenvalue weighted by molar-refractivity contribution is 5.24. The summed E-state index contributed by atoms with van der Waals surface area (Å²) in [5, 5.41) is 0. The molecule has 1 rings (SSSR count). The molecule has 0 saturated carbocycles. The van der Waals surface area contributed by atoms with Gasteiger partial charge in [-0.2, -0.15) is 0 Å². The van der Waals surface area contributed by atoms with Gasteiger partial charge in [-0.05, 0) is 38.7 Å². The molecule has 1 fully saturated rings. The maximum Gasteiger partial charge on any atom is 0.0687 e. The summed E-state index contributed by atoms with van der Waals surface area (Å²) in [7, 11) is 0. The highest BCUT2D eigenvalue weighted by Crippen LogP contribution is 2.32. The van der Waals surface area contributed by atoms with Crippen molar-refractivity contribution in [3.63, 3.8) is 0 Å². The van der Waals surface area contributed by atoms with Crippen LogP contribution in [0.5, 0.6) is 0 Å². The Balaban J connectivity index is 2.65. The lowest BCUT2D eigenvalue weighted by Gasteiger charge is -2.15. The van der Waals surface area contributed by atoms with Gasteiger partial charge in [0.15, 0.2) is 0 Å². The van der Waals surface area contributed by atoms with Crippen molar-refractivity contribution < 1.29 is 4.74 Å². The fourth-order valence-electron chi connectivity index (χ4n) is 2.70. The van der Waals surface area contributed by atoms with Gasteiger partial charge in [0.2, 0.25) is 0 Å². The van der Waals surface area contributed by atoms with Crippen LogP contribution in [-0.4, -0.2) is 12.7 Å². The molecule has 0 aromatic heterocycles. The highest BCUT2D eigenvalue weighted by Gasteiger charge is 2.27. The number of hydrogen-bond donors (Lipinski definition) is 0. The van der Waals surface area contributed by atoms with E-state index in [0.29, 0.717) is 12.0 Å². The topological polar surface area (TPSA) is 9.23 Å². The lowest BCUT2D eigenvalue weighted by molar-refractivity contribution is 0.110. The Bertz CT molecular complexity index is 301. The number of ether oxygens (including phenoxy) is 1. The predicted molar refractivity (Wildman–Crippen MR) is 79.8 cm³/mol. The van der Waals surface area contributed by atoms with Crippen molar-refractivity contribution in [1.29, 1.82) is 0 Å². The summed E-state index contributed by atoms with van der Waals surface area (Å²) in [5.41, 5.74) is 4.44. The smallest absolute Gasteiger partial charge is 0.0687 e. The van der Waals surface area contributed by atoms with Gasteiger partial charge in [-0.3, -0.25) is 0 Å². The van der Waals surface area contributed by atoms with E-state index in [-0.39, 0.29) is 0 Å². The van der Waals surface area contributed by atoms with Crippen LogP contribution in [0.25, 0.3) is 0 Å². The largest absolute Gasteiger partial charge is 0.374 e. The molecule has 0 spiro atoms. The number of unbranched alkanes of at least 4 members (excludes halogenated alkanes) is 3. The Morgan fingerprint density at radius 1 is 1.28 bits per heavy atom. The lowest BCUT2D eigenvalue weighted by Crippen LogP contribution is -2.09. The van der Waals surface area contributed by atoms with Gasteiger partial charge < -0.3 is 4.74 Å². The van der Waals surface area contributed by atoms with Crippen LogP contribution in [-0.2, 0) is 4.74 Å². The maximum absolute atomic E-state index is 5.78. The molecule has 0 aromatic rings. The summed E-state index contributed by atoms with van der Waals surface area (Å²) in [6.07, 6.45) is 8.04. The Morgan fingerprint density at radius 2 is 2.00 bits per heavy atom. The van der Waals surface area contributed by atoms with Crippen molar-refractivity contribution in [1.82, 2.24) is 0 Å². The molecule has 18 heavy (non-hydrogen) atoms. The molecular formula is C17H30O. The molecule has 1 heteroatoms. The average molecular weight is 250 g/mol. The fourth-order valence-corrected chi connectivity index (χ4v) is 2.70. The molecule has 1 heterocycles. The minimum absolute atomic E-state index is 0.385. The SMILES string of the molecule is C=C(C)C/C(CCCCCC)=C1\CO[C@H](C)[C@H]1C. The number of rotatable bonds is 7. The highest BCUT2D eigenvalue weighted by atomic mass is 16.5. The monoisotopic (exact) mass is 250 g/mol. The Morgan fingerprint density at radius 3 is 2.50 bits per heavy atom. The predicted octanol–water partition coefficient (Wildman–Crippen LogP) is 5.27. The van der Waals surface area contributed by atoms with Crippen molar-refractivity contribution in [3.05, 3.63) is 23.3 Å². The summed E-state index contributed by atoms with van der Waals surface area (Å²) in [4.78, 5) is 0. The Labute approximate surface area is 113 Å². The van der Waals surface area contributed by atoms with Gasteiger partial charge in [0, 0.05) is 5.92 Å². The van der Waals surface area contributed by atoms with E-state index in [1.165, 1.54) is 37.7 Å². The number of hydrogen-bond acceptors (Lipinski definition) is 1. The molecule has 0 amide bonds. The second kappa shape index (κ2) is 7.78. The molecule has 0 bridgehead atoms. The van der Waals surface area contributed by atoms with Crippen LogP contribution in [0.3, 0.4) is 0 Å². The van der Waals surface area contributed by atoms with Crippen LogP contribution >= 0.6 is 0 Å². The molecule has 0 aromatic carbocycles. The zero-order valence-electron chi connectivity index (χ0n) is 12.7. The normalized spacial score (nSPS) is 26.4. The second-order valence-corrected chi connectivity index (χ2v) is 5.88. The minimum Gasteiger partial charge on any atom is -0.374 e. The van der Waals surface area contributed by atoms with Gasteiger partial charge in [0.25, 0.3) is 0 Å². The summed E-state index contributed by atoms with van der Waals surface area (Å²) in [6, 6.07) is 0. The van der Waals surface area contributed by atoms with Gasteiger partial charge >= 0.3 is 0 Å². The van der Waals surface area contributed by atoms with Gasteiger partial charge in [0.05, 0.1) is 12.7 Å². The molecule has 2 atom stereocenters. The molecule has 1 saturated heterocycles. The van der Waals surface area contributed by atoms with E-state index < -0.39 is 0 Å². The van der Waals surface area contributed by atoms with Gasteiger partial charge in [-0.15, -0.1) is 0 Å². The zero-order chi connectivity index (χ0) is 13.5. The van der Waals surface area contributed by atoms with Crippen molar-refractivity contribution in [2.75, 3.05) is 6.61 Å². The van der Waals surface area contributed by atoms with E-state index in [9.17, 15) is 0 Å². The van der Waals surface area contributed by atoms with E-state index in [1.54, 1.807) is 11.1 Å². The quantitative estimate of drug-likeness (QED) is 0.441. The summed E-state index contributed by atoms with van der Waals surface area (Å²) in [5.74, 6) is 0.588. The first-order valence-corrected chi connectivity index (χ1v) is 7.53. The van der Waals surface area contributed by atoms with Crippen LogP contribution in [0.1, 0.15) is 66.2 Å². The molecule has 1 aliphatic heterocycles. The average Bonchev–Trinajstić information content (AvgIpc) is 2.64. The van der Waals surface area contributed by atoms with Crippen LogP contribution in [0.4, 0.5) is 0 Å². The molecule has 0 radical (unpaired) electrons. The van der Waals surface area contributed by atoms with Crippen molar-refractivity contribution in [2.24, 2.45) is 5.92 Å². The molecular weight excluding hydrogens is 220 g/mol. The van der Waals surface area contributed by atoms with Crippen LogP contribution < -0.4 is 0 Å². The fraction of sp³-hybridized carbons (Fsp3) is 0.765. The van der Waals surface area contributed by atoms with E-state index in [1.807, 2.05) is 0 Å². The van der Waals surface area contributed by atoms with E-state index >= 15 is 0 Å². The van der Waals surface area contributed by atoms with Crippen molar-refractivity contribution in [3.8, 4) is 0 Å². The van der Waals surface area contributed by atoms with Gasteiger partial charge in [0.1, 0.15) is 0 Å². The van der Waals surface area contributed by atoms with E-state index in [0.717, 1.165) is 13.0 Å². The number of allylic oxidation sites excluding steroid dienone is 2. The Hall–Kier alpha value is -0.560. The van der Waals surface area contributed by atoms with Gasteiger partial charge in [-0.1, -0.05) is 50.8 Å². The molecule has 1 aliphatic rings. The van der Waals surface area contributed by atoms with E-state index in [2.05, 4.69) is 34.3 Å². The lowest BCUT2D eigenvalue weighted by atomic mass is 9.89. The van der Waals surface area contributed by atoms with Crippen molar-refractivity contribution in [2.45, 2.75) is 72.3 Å². The standard InChI is InChI=1S/C17H30O/c1-6-7-8-9-10-16(11-13(2)3)17-12-18-15(5)14(17)4/h14-15H,2,6-12H2,1,3-5H3/b17-16+/t14-,15-/m1/s1. The molecule has 104 valence electrons. The third kappa shape index (κ3) is 4.61. The molecule has 1 nitrogen and oxygen atoms in total. The minimum atomic E-state index is 0.385. The summed E-state index contributed by atoms with van der Waals surface area (Å²) in [6.45, 7) is 13.8. The first-order chi connectivity index (χ1) is 8.56. The third-order valence-electron chi connectivity index (χ3n) is 4.06. The third-order valence-corrected chi connectivity index (χ3v) is 4.06. The first kappa shape index (κ1) is 15.5. The zero-order valence-corrected chi connectivity index (χ0v) is 12.7. The first-order valence-electron chi connectivity index (χ1n) is 7.53. The summed E-state index contributed by atoms with van der Waals surface area (Å²) >= 11 is 0. The van der Waals surface area contributed by atoms with Crippen LogP contribution in [0.2, 0.25) is 0 Å². The summed E-state index contributed by atoms with van der Waals surface area (Å²) < 4.78 is 5.78. The Kier molecular flexibility index (Phi) is 6.70. The van der Waals surface area contributed by atoms with Crippen LogP contribution in [0.15, 0.2) is 23.3 Å². The maximum atomic E-state index is 5.78. The second-order valence-electron chi connectivity index (χ2n) is 5.88.